The zero-order valence-corrected chi connectivity index (χ0v) is 13.5. The summed E-state index contributed by atoms with van der Waals surface area (Å²) < 4.78 is 0. The van der Waals surface area contributed by atoms with Crippen LogP contribution in [0, 0.1) is 0 Å². The Kier molecular flexibility index (Phi) is 8.68. The average molecular weight is 324 g/mol. The molecule has 0 aliphatic heterocycles. The van der Waals surface area contributed by atoms with Gasteiger partial charge in [-0.3, -0.25) is 4.79 Å². The Balaban J connectivity index is 0.000000677. The second-order valence-electron chi connectivity index (χ2n) is 4.45. The molecule has 0 spiro atoms. The largest absolute Gasteiger partial charge is 0.376 e. The van der Waals surface area contributed by atoms with Crippen molar-refractivity contribution in [3.63, 3.8) is 0 Å². The van der Waals surface area contributed by atoms with Gasteiger partial charge in [0.25, 0.3) is 0 Å². The lowest BCUT2D eigenvalue weighted by molar-refractivity contribution is -0.118. The van der Waals surface area contributed by atoms with E-state index in [0.29, 0.717) is 6.42 Å². The van der Waals surface area contributed by atoms with Crippen LogP contribution in [0.1, 0.15) is 12.5 Å². The Morgan fingerprint density at radius 1 is 1.14 bits per heavy atom. The highest BCUT2D eigenvalue weighted by Crippen LogP contribution is 2.09. The van der Waals surface area contributed by atoms with Gasteiger partial charge < -0.3 is 10.2 Å². The van der Waals surface area contributed by atoms with Crippen LogP contribution in [0.15, 0.2) is 60.7 Å². The van der Waals surface area contributed by atoms with Gasteiger partial charge in [-0.25, -0.2) is 0 Å². The summed E-state index contributed by atoms with van der Waals surface area (Å²) in [6.07, 6.45) is 0.474. The molecule has 0 radical (unpaired) electrons. The highest BCUT2D eigenvalue weighted by atomic mass is 35.7. The number of carbonyl (C=O) groups is 1. The van der Waals surface area contributed by atoms with Crippen LogP contribution in [0.3, 0.4) is 0 Å². The summed E-state index contributed by atoms with van der Waals surface area (Å²) in [7, 11) is -0.444. The molecule has 1 unspecified atom stereocenters. The first-order chi connectivity index (χ1) is 10.2. The van der Waals surface area contributed by atoms with E-state index in [0.717, 1.165) is 11.3 Å². The van der Waals surface area contributed by atoms with Crippen LogP contribution in [-0.2, 0) is 11.2 Å². The first-order valence-corrected chi connectivity index (χ1v) is 8.51. The van der Waals surface area contributed by atoms with Crippen molar-refractivity contribution in [3.8, 4) is 0 Å². The maximum Gasteiger partial charge on any atom is 0.159 e. The Bertz CT molecular complexity index is 522. The molecule has 2 aromatic carbocycles. The third-order valence-electron chi connectivity index (χ3n) is 2.86. The predicted molar refractivity (Wildman–Crippen MR) is 91.1 cm³/mol. The van der Waals surface area contributed by atoms with Crippen molar-refractivity contribution in [1.82, 2.24) is 0 Å². The molecule has 2 rings (SSSR count). The molecule has 0 amide bonds. The highest BCUT2D eigenvalue weighted by Gasteiger charge is 2.12. The minimum atomic E-state index is -0.444. The maximum atomic E-state index is 12.1. The number of nitrogens with one attached hydrogen (secondary N) is 1. The monoisotopic (exact) mass is 323 g/mol. The fourth-order valence-electron chi connectivity index (χ4n) is 1.82. The van der Waals surface area contributed by atoms with Crippen molar-refractivity contribution < 1.29 is 9.69 Å². The molecule has 0 aliphatic rings. The summed E-state index contributed by atoms with van der Waals surface area (Å²) >= 11 is 4.58. The van der Waals surface area contributed by atoms with Gasteiger partial charge in [0.05, 0.1) is 6.04 Å². The van der Waals surface area contributed by atoms with Gasteiger partial charge in [0, 0.05) is 12.1 Å². The van der Waals surface area contributed by atoms with E-state index in [1.807, 2.05) is 67.6 Å². The minimum absolute atomic E-state index is 0.174. The minimum Gasteiger partial charge on any atom is -0.376 e. The molecular formula is C16H19ClNO2P. The fraction of sp³-hybridized carbons (Fsp3) is 0.188. The first-order valence-electron chi connectivity index (χ1n) is 6.55. The number of para-hydroxylation sites is 1. The van der Waals surface area contributed by atoms with Gasteiger partial charge in [-0.05, 0) is 24.6 Å². The van der Waals surface area contributed by atoms with Crippen LogP contribution in [0.25, 0.3) is 0 Å². The molecular weight excluding hydrogens is 305 g/mol. The Morgan fingerprint density at radius 2 is 1.62 bits per heavy atom. The lowest BCUT2D eigenvalue weighted by Gasteiger charge is -2.14. The van der Waals surface area contributed by atoms with E-state index in [1.165, 1.54) is 0 Å². The van der Waals surface area contributed by atoms with Crippen LogP contribution in [0.5, 0.6) is 0 Å². The lowest BCUT2D eigenvalue weighted by atomic mass is 10.0. The topological polar surface area (TPSA) is 49.3 Å². The Labute approximate surface area is 132 Å². The number of anilines is 1. The Hall–Kier alpha value is -1.41. The zero-order chi connectivity index (χ0) is 15.5. The maximum absolute atomic E-state index is 12.1. The zero-order valence-electron chi connectivity index (χ0n) is 11.8. The van der Waals surface area contributed by atoms with Crippen LogP contribution >= 0.6 is 19.4 Å². The third kappa shape index (κ3) is 7.24. The molecule has 2 N–H and O–H groups in total. The smallest absolute Gasteiger partial charge is 0.159 e. The van der Waals surface area contributed by atoms with Crippen LogP contribution in [0.2, 0.25) is 0 Å². The molecule has 0 heterocycles. The van der Waals surface area contributed by atoms with Gasteiger partial charge in [0.2, 0.25) is 0 Å². The normalized spacial score (nSPS) is 11.6. The number of benzene rings is 2. The molecule has 0 bridgehead atoms. The van der Waals surface area contributed by atoms with Crippen molar-refractivity contribution in [2.75, 3.05) is 5.32 Å². The SMILES string of the molecule is C[C@H](Nc1ccccc1)C(=O)Cc1ccccc1.OPCl. The number of hydrogen-bond donors (Lipinski definition) is 2. The number of halogens is 1. The molecule has 112 valence electrons. The number of hydrogen-bond acceptors (Lipinski definition) is 3. The molecule has 2 atom stereocenters. The predicted octanol–water partition coefficient (Wildman–Crippen LogP) is 4.02. The number of Topliss-reactive ketones (excluding diaryl/α,β-unsaturated/α-hetero) is 1. The number of carbonyl (C=O) groups excluding carboxylic acids is 1. The molecule has 5 heteroatoms. The summed E-state index contributed by atoms with van der Waals surface area (Å²) in [6, 6.07) is 19.5. The van der Waals surface area contributed by atoms with Crippen LogP contribution < -0.4 is 5.32 Å². The van der Waals surface area contributed by atoms with Crippen molar-refractivity contribution in [2.24, 2.45) is 0 Å². The second kappa shape index (κ2) is 10.3. The van der Waals surface area contributed by atoms with E-state index in [1.54, 1.807) is 0 Å². The highest BCUT2D eigenvalue weighted by molar-refractivity contribution is 7.63. The van der Waals surface area contributed by atoms with Crippen molar-refractivity contribution in [3.05, 3.63) is 66.2 Å². The van der Waals surface area contributed by atoms with Gasteiger partial charge >= 0.3 is 0 Å². The summed E-state index contributed by atoms with van der Waals surface area (Å²) in [5.41, 5.74) is 2.04. The van der Waals surface area contributed by atoms with Gasteiger partial charge in [0.15, 0.2) is 5.78 Å². The van der Waals surface area contributed by atoms with Crippen molar-refractivity contribution >= 4 is 30.9 Å². The molecule has 0 aliphatic carbocycles. The standard InChI is InChI=1S/C16H17NO.ClH2OP/c1-13(17-15-10-6-3-7-11-15)16(18)12-14-8-4-2-5-9-14;1-3-2/h2-11,13,17H,12H2,1H3;2-3H/t13-;/m0./s1. The third-order valence-corrected chi connectivity index (χ3v) is 2.86. The van der Waals surface area contributed by atoms with Gasteiger partial charge in [-0.15, -0.1) is 0 Å². The molecule has 21 heavy (non-hydrogen) atoms. The number of rotatable bonds is 5. The molecule has 0 saturated heterocycles. The van der Waals surface area contributed by atoms with E-state index >= 15 is 0 Å². The summed E-state index contributed by atoms with van der Waals surface area (Å²) in [4.78, 5) is 19.4. The molecule has 0 fully saturated rings. The van der Waals surface area contributed by atoms with E-state index < -0.39 is 8.16 Å². The van der Waals surface area contributed by atoms with E-state index in [4.69, 9.17) is 4.89 Å². The molecule has 2 aromatic rings. The molecule has 0 saturated carbocycles. The van der Waals surface area contributed by atoms with Gasteiger partial charge in [0.1, 0.15) is 8.16 Å². The van der Waals surface area contributed by atoms with E-state index in [-0.39, 0.29) is 11.8 Å². The van der Waals surface area contributed by atoms with E-state index in [9.17, 15) is 4.79 Å². The second-order valence-corrected chi connectivity index (χ2v) is 5.12. The van der Waals surface area contributed by atoms with E-state index in [2.05, 4.69) is 16.6 Å². The molecule has 3 nitrogen and oxygen atoms in total. The lowest BCUT2D eigenvalue weighted by Crippen LogP contribution is -2.27. The van der Waals surface area contributed by atoms with Crippen molar-refractivity contribution in [2.45, 2.75) is 19.4 Å². The van der Waals surface area contributed by atoms with Gasteiger partial charge in [-0.2, -0.15) is 0 Å². The quantitative estimate of drug-likeness (QED) is 0.817. The molecule has 0 aromatic heterocycles. The summed E-state index contributed by atoms with van der Waals surface area (Å²) in [5, 5.41) is 3.21. The van der Waals surface area contributed by atoms with Crippen LogP contribution in [0.4, 0.5) is 5.69 Å². The van der Waals surface area contributed by atoms with Gasteiger partial charge in [-0.1, -0.05) is 59.8 Å². The average Bonchev–Trinajstić information content (AvgIpc) is 2.50. The number of ketones is 1. The first kappa shape index (κ1) is 17.6. The Morgan fingerprint density at radius 3 is 2.14 bits per heavy atom. The summed E-state index contributed by atoms with van der Waals surface area (Å²) in [6.45, 7) is 1.90. The fourth-order valence-corrected chi connectivity index (χ4v) is 1.82. The summed E-state index contributed by atoms with van der Waals surface area (Å²) in [5.74, 6) is 0.199. The van der Waals surface area contributed by atoms with Crippen LogP contribution in [-0.4, -0.2) is 16.7 Å². The van der Waals surface area contributed by atoms with Crippen molar-refractivity contribution in [1.29, 1.82) is 0 Å².